The Balaban J connectivity index is 1.39. The van der Waals surface area contributed by atoms with Crippen LogP contribution in [0, 0.1) is 11.8 Å². The number of carbonyl (C=O) groups is 3. The Bertz CT molecular complexity index is 1070. The van der Waals surface area contributed by atoms with Crippen LogP contribution < -0.4 is 5.32 Å². The van der Waals surface area contributed by atoms with Crippen LogP contribution in [0.2, 0.25) is 0 Å². The fourth-order valence-corrected chi connectivity index (χ4v) is 5.80. The summed E-state index contributed by atoms with van der Waals surface area (Å²) in [4.78, 5) is 41.2. The molecule has 1 N–H and O–H groups in total. The second-order valence-electron chi connectivity index (χ2n) is 9.67. The molecule has 2 amide bonds. The molecule has 0 bridgehead atoms. The van der Waals surface area contributed by atoms with Crippen molar-refractivity contribution in [3.05, 3.63) is 48.3 Å². The number of carbonyl (C=O) groups excluding carboxylic acids is 3. The molecule has 2 saturated heterocycles. The molecule has 2 aromatic rings. The van der Waals surface area contributed by atoms with Gasteiger partial charge in [0, 0.05) is 24.5 Å². The molecule has 9 heteroatoms. The molecule has 1 aromatic heterocycles. The maximum Gasteiger partial charge on any atom is 0.252 e. The summed E-state index contributed by atoms with van der Waals surface area (Å²) in [5.41, 5.74) is 1.21. The average molecular weight is 485 g/mol. The Morgan fingerprint density at radius 1 is 1.21 bits per heavy atom. The van der Waals surface area contributed by atoms with E-state index >= 15 is 0 Å². The predicted molar refractivity (Wildman–Crippen MR) is 126 cm³/mol. The number of hydrogen-bond acceptors (Lipinski definition) is 5. The number of alkyl halides is 1. The zero-order chi connectivity index (χ0) is 23.8. The normalized spacial score (nSPS) is 29.6. The first kappa shape index (κ1) is 23.1. The number of benzene rings is 1. The Morgan fingerprint density at radius 3 is 2.74 bits per heavy atom. The summed E-state index contributed by atoms with van der Waals surface area (Å²) < 4.78 is 7.23. The third kappa shape index (κ3) is 4.36. The summed E-state index contributed by atoms with van der Waals surface area (Å²) in [5.74, 6) is -0.0871. The van der Waals surface area contributed by atoms with Crippen molar-refractivity contribution in [1.82, 2.24) is 20.0 Å². The molecule has 3 aliphatic rings. The first-order chi connectivity index (χ1) is 16.4. The lowest BCUT2D eigenvalue weighted by Gasteiger charge is -2.35. The van der Waals surface area contributed by atoms with Crippen LogP contribution in [0.4, 0.5) is 0 Å². The van der Waals surface area contributed by atoms with Gasteiger partial charge in [0.1, 0.15) is 24.8 Å². The molecule has 4 atom stereocenters. The molecule has 0 radical (unpaired) electrons. The molecule has 3 fully saturated rings. The van der Waals surface area contributed by atoms with E-state index in [0.29, 0.717) is 11.5 Å². The molecule has 3 heterocycles. The van der Waals surface area contributed by atoms with Gasteiger partial charge in [-0.15, -0.1) is 11.6 Å². The first-order valence-corrected chi connectivity index (χ1v) is 12.4. The van der Waals surface area contributed by atoms with Crippen molar-refractivity contribution in [2.24, 2.45) is 11.8 Å². The van der Waals surface area contributed by atoms with Crippen LogP contribution in [-0.4, -0.2) is 69.0 Å². The van der Waals surface area contributed by atoms with Crippen LogP contribution in [-0.2, 0) is 14.3 Å². The number of amides is 2. The van der Waals surface area contributed by atoms with Gasteiger partial charge in [-0.25, -0.2) is 4.68 Å². The standard InChI is InChI=1S/C25H29ClN4O4/c1-15-6-8-16(9-7-15)21(25(33)29-13-19(26)23-22(29)20(31)14-34-23)28-24(32)17-4-2-5-18(12-17)30-11-3-10-27-30/h2-5,10-12,15-16,19,21-23H,6-9,13-14H2,1H3,(H,28,32)/t15-,16-,19-,21-,22+,23+/m0/s1. The molecule has 2 aliphatic heterocycles. The number of ether oxygens (including phenoxy) is 1. The molecule has 180 valence electrons. The van der Waals surface area contributed by atoms with Gasteiger partial charge in [0.2, 0.25) is 5.91 Å². The van der Waals surface area contributed by atoms with Gasteiger partial charge in [-0.05, 0) is 48.9 Å². The van der Waals surface area contributed by atoms with Crippen LogP contribution in [0.1, 0.15) is 43.0 Å². The molecular formula is C25H29ClN4O4. The minimum Gasteiger partial charge on any atom is -0.366 e. The van der Waals surface area contributed by atoms with Crippen LogP contribution in [0.25, 0.3) is 5.69 Å². The average Bonchev–Trinajstić information content (AvgIpc) is 3.58. The van der Waals surface area contributed by atoms with E-state index in [1.54, 1.807) is 40.2 Å². The van der Waals surface area contributed by atoms with Crippen molar-refractivity contribution >= 4 is 29.2 Å². The quantitative estimate of drug-likeness (QED) is 0.658. The topological polar surface area (TPSA) is 93.5 Å². The zero-order valence-electron chi connectivity index (χ0n) is 19.1. The molecule has 0 spiro atoms. The molecule has 5 rings (SSSR count). The second-order valence-corrected chi connectivity index (χ2v) is 10.2. The van der Waals surface area contributed by atoms with Crippen molar-refractivity contribution in [3.8, 4) is 5.69 Å². The maximum absolute atomic E-state index is 13.8. The van der Waals surface area contributed by atoms with E-state index in [1.165, 1.54) is 0 Å². The van der Waals surface area contributed by atoms with E-state index in [2.05, 4.69) is 17.3 Å². The first-order valence-electron chi connectivity index (χ1n) is 11.9. The SMILES string of the molecule is C[C@H]1CC[C@H]([C@H](NC(=O)c2cccc(-n3cccn3)c2)C(=O)N2C[C@H](Cl)[C@H]3OCC(=O)[C@H]32)CC1. The highest BCUT2D eigenvalue weighted by atomic mass is 35.5. The number of hydrogen-bond donors (Lipinski definition) is 1. The van der Waals surface area contributed by atoms with Gasteiger partial charge in [-0.1, -0.05) is 25.8 Å². The molecule has 8 nitrogen and oxygen atoms in total. The minimum atomic E-state index is -0.718. The Labute approximate surface area is 203 Å². The van der Waals surface area contributed by atoms with Crippen LogP contribution in [0.15, 0.2) is 42.7 Å². The minimum absolute atomic E-state index is 0.00666. The molecule has 34 heavy (non-hydrogen) atoms. The smallest absolute Gasteiger partial charge is 0.252 e. The molecular weight excluding hydrogens is 456 g/mol. The number of halogens is 1. The van der Waals surface area contributed by atoms with Crippen LogP contribution in [0.3, 0.4) is 0 Å². The van der Waals surface area contributed by atoms with Crippen LogP contribution >= 0.6 is 11.6 Å². The summed E-state index contributed by atoms with van der Waals surface area (Å²) >= 11 is 6.43. The largest absolute Gasteiger partial charge is 0.366 e. The van der Waals surface area contributed by atoms with Gasteiger partial charge < -0.3 is 15.0 Å². The lowest BCUT2D eigenvalue weighted by molar-refractivity contribution is -0.139. The number of rotatable bonds is 5. The number of nitrogens with one attached hydrogen (secondary N) is 1. The van der Waals surface area contributed by atoms with E-state index in [4.69, 9.17) is 16.3 Å². The fraction of sp³-hybridized carbons (Fsp3) is 0.520. The highest BCUT2D eigenvalue weighted by molar-refractivity contribution is 6.22. The number of aromatic nitrogens is 2. The Hall–Kier alpha value is -2.71. The summed E-state index contributed by atoms with van der Waals surface area (Å²) in [5, 5.41) is 6.81. The number of Topliss-reactive ketones (excluding diaryl/α,β-unsaturated/α-hetero) is 1. The predicted octanol–water partition coefficient (Wildman–Crippen LogP) is 2.58. The molecule has 0 unspecified atom stereocenters. The monoisotopic (exact) mass is 484 g/mol. The number of likely N-dealkylation sites (tertiary alicyclic amines) is 1. The third-order valence-corrected chi connectivity index (χ3v) is 7.75. The van der Waals surface area contributed by atoms with Gasteiger partial charge in [0.05, 0.1) is 11.1 Å². The fourth-order valence-electron chi connectivity index (χ4n) is 5.44. The van der Waals surface area contributed by atoms with Crippen molar-refractivity contribution in [2.75, 3.05) is 13.2 Å². The van der Waals surface area contributed by atoms with Gasteiger partial charge in [-0.2, -0.15) is 5.10 Å². The van der Waals surface area contributed by atoms with Crippen molar-refractivity contribution in [3.63, 3.8) is 0 Å². The second kappa shape index (κ2) is 9.50. The summed E-state index contributed by atoms with van der Waals surface area (Å²) in [6, 6.07) is 7.56. The Kier molecular flexibility index (Phi) is 6.44. The number of ketones is 1. The number of nitrogens with zero attached hydrogens (tertiary/aromatic N) is 3. The zero-order valence-corrected chi connectivity index (χ0v) is 19.9. The Morgan fingerprint density at radius 2 is 2.00 bits per heavy atom. The van der Waals surface area contributed by atoms with Gasteiger partial charge in [-0.3, -0.25) is 14.4 Å². The highest BCUT2D eigenvalue weighted by Crippen LogP contribution is 2.35. The van der Waals surface area contributed by atoms with Gasteiger partial charge >= 0.3 is 0 Å². The van der Waals surface area contributed by atoms with Crippen molar-refractivity contribution < 1.29 is 19.1 Å². The highest BCUT2D eigenvalue weighted by Gasteiger charge is 2.53. The summed E-state index contributed by atoms with van der Waals surface area (Å²) in [6.07, 6.45) is 6.71. The molecule has 1 aliphatic carbocycles. The number of fused-ring (bicyclic) bond motifs is 1. The van der Waals surface area contributed by atoms with E-state index in [9.17, 15) is 14.4 Å². The summed E-state index contributed by atoms with van der Waals surface area (Å²) in [7, 11) is 0. The van der Waals surface area contributed by atoms with Gasteiger partial charge in [0.15, 0.2) is 5.78 Å². The van der Waals surface area contributed by atoms with Crippen LogP contribution in [0.5, 0.6) is 0 Å². The third-order valence-electron chi connectivity index (χ3n) is 7.37. The molecule has 1 saturated carbocycles. The van der Waals surface area contributed by atoms with Crippen molar-refractivity contribution in [1.29, 1.82) is 0 Å². The lowest BCUT2D eigenvalue weighted by atomic mass is 9.78. The van der Waals surface area contributed by atoms with E-state index in [0.717, 1.165) is 31.4 Å². The van der Waals surface area contributed by atoms with Crippen molar-refractivity contribution in [2.45, 2.75) is 56.2 Å². The summed E-state index contributed by atoms with van der Waals surface area (Å²) in [6.45, 7) is 2.43. The molecule has 1 aromatic carbocycles. The van der Waals surface area contributed by atoms with E-state index < -0.39 is 23.6 Å². The van der Waals surface area contributed by atoms with E-state index in [1.807, 2.05) is 12.1 Å². The van der Waals surface area contributed by atoms with E-state index in [-0.39, 0.29) is 36.7 Å². The maximum atomic E-state index is 13.8. The lowest BCUT2D eigenvalue weighted by Crippen LogP contribution is -2.55. The van der Waals surface area contributed by atoms with Gasteiger partial charge in [0.25, 0.3) is 5.91 Å².